The predicted molar refractivity (Wildman–Crippen MR) is 85.2 cm³/mol. The topological polar surface area (TPSA) is 21.1 Å². The van der Waals surface area contributed by atoms with Crippen molar-refractivity contribution in [2.75, 3.05) is 12.4 Å². The van der Waals surface area contributed by atoms with Gasteiger partial charge in [0.25, 0.3) is 0 Å². The maximum absolute atomic E-state index is 5.82. The van der Waals surface area contributed by atoms with Crippen LogP contribution in [-0.2, 0) is 6.54 Å². The Morgan fingerprint density at radius 1 is 1.40 bits per heavy atom. The third kappa shape index (κ3) is 3.98. The van der Waals surface area contributed by atoms with E-state index in [0.717, 1.165) is 31.7 Å². The first-order chi connectivity index (χ1) is 9.78. The minimum absolute atomic E-state index is 0.550. The van der Waals surface area contributed by atoms with Gasteiger partial charge in [-0.1, -0.05) is 13.8 Å². The summed E-state index contributed by atoms with van der Waals surface area (Å²) in [4.78, 5) is 2.59. The fourth-order valence-corrected chi connectivity index (χ4v) is 3.43. The summed E-state index contributed by atoms with van der Waals surface area (Å²) in [5, 5.41) is 4.78. The van der Waals surface area contributed by atoms with Crippen molar-refractivity contribution in [3.05, 3.63) is 18.0 Å². The number of aromatic nitrogens is 2. The molecule has 1 atom stereocenters. The van der Waals surface area contributed by atoms with Crippen LogP contribution in [-0.4, -0.2) is 33.1 Å². The highest BCUT2D eigenvalue weighted by Crippen LogP contribution is 2.24. The SMILES string of the molecule is CCC(CC)n1ccc(CN2CCCC2CCCCl)n1. The Morgan fingerprint density at radius 2 is 2.20 bits per heavy atom. The fourth-order valence-electron chi connectivity index (χ4n) is 3.28. The number of halogens is 1. The number of rotatable bonds is 8. The van der Waals surface area contributed by atoms with Gasteiger partial charge >= 0.3 is 0 Å². The average Bonchev–Trinajstić information content (AvgIpc) is 3.08. The summed E-state index contributed by atoms with van der Waals surface area (Å²) >= 11 is 5.82. The van der Waals surface area contributed by atoms with Gasteiger partial charge in [0.15, 0.2) is 0 Å². The van der Waals surface area contributed by atoms with Crippen molar-refractivity contribution in [2.45, 2.75) is 71.0 Å². The van der Waals surface area contributed by atoms with Crippen molar-refractivity contribution in [2.24, 2.45) is 0 Å². The Bertz CT molecular complexity index is 387. The van der Waals surface area contributed by atoms with Crippen LogP contribution in [0.25, 0.3) is 0 Å². The molecule has 1 unspecified atom stereocenters. The molecule has 3 nitrogen and oxygen atoms in total. The Morgan fingerprint density at radius 3 is 2.90 bits per heavy atom. The second-order valence-electron chi connectivity index (χ2n) is 5.86. The predicted octanol–water partition coefficient (Wildman–Crippen LogP) is 4.23. The molecule has 2 heterocycles. The van der Waals surface area contributed by atoms with E-state index in [1.807, 2.05) is 0 Å². The minimum atomic E-state index is 0.550. The molecule has 1 saturated heterocycles. The van der Waals surface area contributed by atoms with E-state index in [1.165, 1.54) is 31.5 Å². The summed E-state index contributed by atoms with van der Waals surface area (Å²) < 4.78 is 2.15. The quantitative estimate of drug-likeness (QED) is 0.670. The van der Waals surface area contributed by atoms with Gasteiger partial charge in [-0.2, -0.15) is 5.10 Å². The second-order valence-corrected chi connectivity index (χ2v) is 6.23. The first-order valence-corrected chi connectivity index (χ1v) is 8.66. The summed E-state index contributed by atoms with van der Waals surface area (Å²) in [6.07, 6.45) is 9.46. The molecule has 4 heteroatoms. The molecular formula is C16H28ClN3. The van der Waals surface area contributed by atoms with Crippen LogP contribution in [0.2, 0.25) is 0 Å². The van der Waals surface area contributed by atoms with Crippen molar-refractivity contribution in [3.8, 4) is 0 Å². The number of alkyl halides is 1. The summed E-state index contributed by atoms with van der Waals surface area (Å²) in [7, 11) is 0. The van der Waals surface area contributed by atoms with E-state index in [-0.39, 0.29) is 0 Å². The molecule has 0 aliphatic carbocycles. The van der Waals surface area contributed by atoms with E-state index >= 15 is 0 Å². The lowest BCUT2D eigenvalue weighted by Crippen LogP contribution is -2.29. The summed E-state index contributed by atoms with van der Waals surface area (Å²) in [5.74, 6) is 0.785. The zero-order chi connectivity index (χ0) is 14.4. The van der Waals surface area contributed by atoms with E-state index in [9.17, 15) is 0 Å². The highest BCUT2D eigenvalue weighted by Gasteiger charge is 2.24. The van der Waals surface area contributed by atoms with Gasteiger partial charge in [0.2, 0.25) is 0 Å². The maximum atomic E-state index is 5.82. The highest BCUT2D eigenvalue weighted by atomic mass is 35.5. The summed E-state index contributed by atoms with van der Waals surface area (Å²) in [6.45, 7) is 6.68. The van der Waals surface area contributed by atoms with Crippen LogP contribution in [0.1, 0.15) is 64.1 Å². The molecule has 1 aliphatic heterocycles. The number of likely N-dealkylation sites (tertiary alicyclic amines) is 1. The molecule has 1 aromatic heterocycles. The van der Waals surface area contributed by atoms with Crippen LogP contribution < -0.4 is 0 Å². The molecule has 0 amide bonds. The van der Waals surface area contributed by atoms with Crippen LogP contribution in [0.4, 0.5) is 0 Å². The largest absolute Gasteiger partial charge is 0.294 e. The zero-order valence-corrected chi connectivity index (χ0v) is 13.6. The van der Waals surface area contributed by atoms with E-state index in [2.05, 4.69) is 35.7 Å². The number of hydrogen-bond acceptors (Lipinski definition) is 2. The van der Waals surface area contributed by atoms with Gasteiger partial charge in [-0.3, -0.25) is 9.58 Å². The van der Waals surface area contributed by atoms with Crippen molar-refractivity contribution in [1.82, 2.24) is 14.7 Å². The highest BCUT2D eigenvalue weighted by molar-refractivity contribution is 6.17. The van der Waals surface area contributed by atoms with Crippen LogP contribution >= 0.6 is 11.6 Å². The van der Waals surface area contributed by atoms with Gasteiger partial charge < -0.3 is 0 Å². The molecular weight excluding hydrogens is 270 g/mol. The smallest absolute Gasteiger partial charge is 0.0765 e. The van der Waals surface area contributed by atoms with Crippen molar-refractivity contribution in [3.63, 3.8) is 0 Å². The maximum Gasteiger partial charge on any atom is 0.0765 e. The average molecular weight is 298 g/mol. The van der Waals surface area contributed by atoms with Crippen LogP contribution in [0, 0.1) is 0 Å². The minimum Gasteiger partial charge on any atom is -0.294 e. The molecule has 0 saturated carbocycles. The van der Waals surface area contributed by atoms with Crippen LogP contribution in [0.5, 0.6) is 0 Å². The molecule has 1 fully saturated rings. The van der Waals surface area contributed by atoms with E-state index in [4.69, 9.17) is 16.7 Å². The zero-order valence-electron chi connectivity index (χ0n) is 12.9. The van der Waals surface area contributed by atoms with Gasteiger partial charge in [-0.15, -0.1) is 11.6 Å². The first kappa shape index (κ1) is 15.8. The molecule has 0 spiro atoms. The monoisotopic (exact) mass is 297 g/mol. The summed E-state index contributed by atoms with van der Waals surface area (Å²) in [5.41, 5.74) is 1.22. The normalized spacial score (nSPS) is 20.1. The molecule has 114 valence electrons. The van der Waals surface area contributed by atoms with Gasteiger partial charge in [-0.05, 0) is 51.1 Å². The van der Waals surface area contributed by atoms with Gasteiger partial charge in [0.1, 0.15) is 0 Å². The number of hydrogen-bond donors (Lipinski definition) is 0. The Hall–Kier alpha value is -0.540. The summed E-state index contributed by atoms with van der Waals surface area (Å²) in [6, 6.07) is 3.45. The van der Waals surface area contributed by atoms with Crippen LogP contribution in [0.15, 0.2) is 12.3 Å². The molecule has 0 aromatic carbocycles. The lowest BCUT2D eigenvalue weighted by molar-refractivity contribution is 0.230. The molecule has 0 radical (unpaired) electrons. The van der Waals surface area contributed by atoms with Crippen LogP contribution in [0.3, 0.4) is 0 Å². The molecule has 0 bridgehead atoms. The molecule has 20 heavy (non-hydrogen) atoms. The fraction of sp³-hybridized carbons (Fsp3) is 0.812. The molecule has 1 aliphatic rings. The second kappa shape index (κ2) is 8.04. The van der Waals surface area contributed by atoms with Gasteiger partial charge in [0.05, 0.1) is 11.7 Å². The van der Waals surface area contributed by atoms with Gasteiger partial charge in [-0.25, -0.2) is 0 Å². The van der Waals surface area contributed by atoms with Crippen molar-refractivity contribution in [1.29, 1.82) is 0 Å². The standard InChI is InChI=1S/C16H28ClN3/c1-3-15(4-2)20-12-9-14(18-20)13-19-11-6-8-16(19)7-5-10-17/h9,12,15-16H,3-8,10-11,13H2,1-2H3. The van der Waals surface area contributed by atoms with Gasteiger partial charge in [0, 0.05) is 24.7 Å². The van der Waals surface area contributed by atoms with E-state index < -0.39 is 0 Å². The third-order valence-electron chi connectivity index (χ3n) is 4.52. The van der Waals surface area contributed by atoms with E-state index in [0.29, 0.717) is 12.1 Å². The molecule has 0 N–H and O–H groups in total. The third-order valence-corrected chi connectivity index (χ3v) is 4.78. The number of nitrogens with zero attached hydrogens (tertiary/aromatic N) is 3. The van der Waals surface area contributed by atoms with E-state index in [1.54, 1.807) is 0 Å². The Balaban J connectivity index is 1.92. The van der Waals surface area contributed by atoms with Crippen molar-refractivity contribution >= 4 is 11.6 Å². The Labute approximate surface area is 128 Å². The first-order valence-electron chi connectivity index (χ1n) is 8.12. The lowest BCUT2D eigenvalue weighted by atomic mass is 10.1. The Kier molecular flexibility index (Phi) is 6.37. The molecule has 2 rings (SSSR count). The lowest BCUT2D eigenvalue weighted by Gasteiger charge is -2.23. The molecule has 1 aromatic rings. The van der Waals surface area contributed by atoms with Crippen molar-refractivity contribution < 1.29 is 0 Å².